The maximum absolute atomic E-state index is 11.9. The summed E-state index contributed by atoms with van der Waals surface area (Å²) in [6.07, 6.45) is -0.417. The van der Waals surface area contributed by atoms with Gasteiger partial charge in [-0.25, -0.2) is 4.79 Å². The number of thiocarbonyl (C=S) groups is 1. The van der Waals surface area contributed by atoms with Gasteiger partial charge in [-0.1, -0.05) is 6.07 Å². The van der Waals surface area contributed by atoms with Crippen LogP contribution in [0.4, 0.5) is 16.2 Å². The number of ether oxygens (including phenoxy) is 1. The second-order valence-electron chi connectivity index (χ2n) is 5.08. The summed E-state index contributed by atoms with van der Waals surface area (Å²) in [6.45, 7) is 5.47. The lowest BCUT2D eigenvalue weighted by molar-refractivity contribution is 0.0589. The maximum Gasteiger partial charge on any atom is 0.414 e. The van der Waals surface area contributed by atoms with E-state index in [2.05, 4.69) is 5.32 Å². The van der Waals surface area contributed by atoms with Crippen molar-refractivity contribution in [3.8, 4) is 0 Å². The molecular weight excluding hydrogens is 262 g/mol. The number of carbonyl (C=O) groups is 1. The van der Waals surface area contributed by atoms with Crippen LogP contribution in [0.2, 0.25) is 0 Å². The zero-order chi connectivity index (χ0) is 14.6. The first-order valence-corrected chi connectivity index (χ1v) is 6.23. The minimum atomic E-state index is -0.528. The molecule has 0 unspecified atom stereocenters. The highest BCUT2D eigenvalue weighted by Gasteiger charge is 2.20. The third-order valence-corrected chi connectivity index (χ3v) is 2.27. The van der Waals surface area contributed by atoms with Crippen molar-refractivity contribution in [2.24, 2.45) is 5.73 Å². The van der Waals surface area contributed by atoms with E-state index >= 15 is 0 Å². The van der Waals surface area contributed by atoms with Crippen LogP contribution < -0.4 is 16.0 Å². The van der Waals surface area contributed by atoms with E-state index < -0.39 is 11.7 Å². The van der Waals surface area contributed by atoms with Crippen molar-refractivity contribution in [2.45, 2.75) is 26.4 Å². The largest absolute Gasteiger partial charge is 0.443 e. The first-order valence-electron chi connectivity index (χ1n) is 5.82. The smallest absolute Gasteiger partial charge is 0.414 e. The molecule has 3 N–H and O–H groups in total. The van der Waals surface area contributed by atoms with Crippen LogP contribution in [-0.2, 0) is 4.74 Å². The molecular formula is C13H19N3O2S. The Morgan fingerprint density at radius 3 is 2.58 bits per heavy atom. The fraction of sp³-hybridized carbons (Fsp3) is 0.385. The summed E-state index contributed by atoms with van der Waals surface area (Å²) in [5.74, 6) is 0. The van der Waals surface area contributed by atoms with E-state index in [0.717, 1.165) is 5.69 Å². The highest BCUT2D eigenvalue weighted by atomic mass is 32.1. The minimum Gasteiger partial charge on any atom is -0.443 e. The second-order valence-corrected chi connectivity index (χ2v) is 5.52. The summed E-state index contributed by atoms with van der Waals surface area (Å²) >= 11 is 4.77. The van der Waals surface area contributed by atoms with Crippen molar-refractivity contribution < 1.29 is 9.53 Å². The van der Waals surface area contributed by atoms with Crippen molar-refractivity contribution >= 4 is 34.8 Å². The molecule has 5 nitrogen and oxygen atoms in total. The molecule has 0 bridgehead atoms. The topological polar surface area (TPSA) is 67.6 Å². The molecule has 1 amide bonds. The maximum atomic E-state index is 11.9. The molecule has 0 aliphatic heterocycles. The van der Waals surface area contributed by atoms with Crippen molar-refractivity contribution in [1.29, 1.82) is 0 Å². The first kappa shape index (κ1) is 15.2. The van der Waals surface area contributed by atoms with E-state index in [-0.39, 0.29) is 5.11 Å². The van der Waals surface area contributed by atoms with Crippen molar-refractivity contribution in [1.82, 2.24) is 0 Å². The lowest BCUT2D eigenvalue weighted by Crippen LogP contribution is -2.34. The number of hydrogen-bond acceptors (Lipinski definition) is 3. The van der Waals surface area contributed by atoms with Gasteiger partial charge in [-0.2, -0.15) is 0 Å². The van der Waals surface area contributed by atoms with E-state index in [4.69, 9.17) is 22.7 Å². The summed E-state index contributed by atoms with van der Waals surface area (Å²) in [5.41, 5.74) is 6.29. The number of anilines is 2. The number of nitrogens with two attached hydrogens (primary N) is 1. The highest BCUT2D eigenvalue weighted by Crippen LogP contribution is 2.20. The van der Waals surface area contributed by atoms with Crippen LogP contribution in [0.3, 0.4) is 0 Å². The van der Waals surface area contributed by atoms with E-state index in [1.807, 2.05) is 26.8 Å². The Labute approximate surface area is 118 Å². The molecule has 0 aliphatic rings. The highest BCUT2D eigenvalue weighted by molar-refractivity contribution is 7.80. The second kappa shape index (κ2) is 5.88. The van der Waals surface area contributed by atoms with Gasteiger partial charge in [0.1, 0.15) is 5.60 Å². The Kier molecular flexibility index (Phi) is 4.72. The summed E-state index contributed by atoms with van der Waals surface area (Å²) in [6, 6.07) is 7.18. The Morgan fingerprint density at radius 2 is 2.05 bits per heavy atom. The molecule has 19 heavy (non-hydrogen) atoms. The van der Waals surface area contributed by atoms with Crippen molar-refractivity contribution in [3.05, 3.63) is 24.3 Å². The predicted molar refractivity (Wildman–Crippen MR) is 81.5 cm³/mol. The standard InChI is InChI=1S/C13H19N3O2S/c1-13(2,3)18-12(17)16(4)10-7-5-6-9(8-10)15-11(14)19/h5-8H,1-4H3,(H3,14,15,19). The van der Waals surface area contributed by atoms with Gasteiger partial charge < -0.3 is 15.8 Å². The lowest BCUT2D eigenvalue weighted by atomic mass is 10.2. The number of benzene rings is 1. The van der Waals surface area contributed by atoms with E-state index in [9.17, 15) is 4.79 Å². The Bertz CT molecular complexity index is 483. The van der Waals surface area contributed by atoms with Crippen LogP contribution in [-0.4, -0.2) is 23.9 Å². The average molecular weight is 281 g/mol. The summed E-state index contributed by atoms with van der Waals surface area (Å²) < 4.78 is 5.29. The van der Waals surface area contributed by atoms with Gasteiger partial charge in [-0.05, 0) is 51.2 Å². The third kappa shape index (κ3) is 5.13. The van der Waals surface area contributed by atoms with Crippen LogP contribution in [0.15, 0.2) is 24.3 Å². The number of hydrogen-bond donors (Lipinski definition) is 2. The molecule has 0 fully saturated rings. The Hall–Kier alpha value is -1.82. The van der Waals surface area contributed by atoms with Gasteiger partial charge in [-0.3, -0.25) is 4.90 Å². The van der Waals surface area contributed by atoms with Crippen LogP contribution >= 0.6 is 12.2 Å². The molecule has 6 heteroatoms. The number of amides is 1. The molecule has 0 spiro atoms. The van der Waals surface area contributed by atoms with Gasteiger partial charge in [-0.15, -0.1) is 0 Å². The quantitative estimate of drug-likeness (QED) is 0.816. The Balaban J connectivity index is 2.84. The summed E-state index contributed by atoms with van der Waals surface area (Å²) in [7, 11) is 1.65. The predicted octanol–water partition coefficient (Wildman–Crippen LogP) is 2.71. The zero-order valence-electron chi connectivity index (χ0n) is 11.6. The monoisotopic (exact) mass is 281 g/mol. The molecule has 0 saturated carbocycles. The van der Waals surface area contributed by atoms with Crippen molar-refractivity contribution in [2.75, 3.05) is 17.3 Å². The SMILES string of the molecule is CN(C(=O)OC(C)(C)C)c1cccc(NC(N)=S)c1. The van der Waals surface area contributed by atoms with Crippen molar-refractivity contribution in [3.63, 3.8) is 0 Å². The molecule has 1 aromatic rings. The van der Waals surface area contributed by atoms with E-state index in [1.54, 1.807) is 25.2 Å². The number of rotatable bonds is 2. The summed E-state index contributed by atoms with van der Waals surface area (Å²) in [4.78, 5) is 13.4. The molecule has 1 aromatic carbocycles. The molecule has 104 valence electrons. The minimum absolute atomic E-state index is 0.178. The third-order valence-electron chi connectivity index (χ3n) is 2.17. The van der Waals surface area contributed by atoms with Gasteiger partial charge in [0, 0.05) is 18.4 Å². The molecule has 0 radical (unpaired) electrons. The van der Waals surface area contributed by atoms with Gasteiger partial charge >= 0.3 is 6.09 Å². The van der Waals surface area contributed by atoms with E-state index in [1.165, 1.54) is 4.90 Å². The number of carbonyl (C=O) groups excluding carboxylic acids is 1. The fourth-order valence-corrected chi connectivity index (χ4v) is 1.49. The lowest BCUT2D eigenvalue weighted by Gasteiger charge is -2.25. The molecule has 1 rings (SSSR count). The van der Waals surface area contributed by atoms with Crippen LogP contribution in [0, 0.1) is 0 Å². The molecule has 0 atom stereocenters. The van der Waals surface area contributed by atoms with Gasteiger partial charge in [0.15, 0.2) is 5.11 Å². The molecule has 0 aromatic heterocycles. The first-order chi connectivity index (χ1) is 8.69. The van der Waals surface area contributed by atoms with Crippen LogP contribution in [0.25, 0.3) is 0 Å². The number of nitrogens with zero attached hydrogens (tertiary/aromatic N) is 1. The fourth-order valence-electron chi connectivity index (χ4n) is 1.37. The Morgan fingerprint density at radius 1 is 1.42 bits per heavy atom. The summed E-state index contributed by atoms with van der Waals surface area (Å²) in [5, 5.41) is 3.00. The number of nitrogens with one attached hydrogen (secondary N) is 1. The van der Waals surface area contributed by atoms with Crippen LogP contribution in [0.5, 0.6) is 0 Å². The molecule has 0 aliphatic carbocycles. The van der Waals surface area contributed by atoms with Gasteiger partial charge in [0.25, 0.3) is 0 Å². The molecule has 0 heterocycles. The van der Waals surface area contributed by atoms with Crippen LogP contribution in [0.1, 0.15) is 20.8 Å². The molecule has 0 saturated heterocycles. The average Bonchev–Trinajstić information content (AvgIpc) is 2.25. The zero-order valence-corrected chi connectivity index (χ0v) is 12.4. The normalized spacial score (nSPS) is 10.7. The van der Waals surface area contributed by atoms with Gasteiger partial charge in [0.2, 0.25) is 0 Å². The van der Waals surface area contributed by atoms with Gasteiger partial charge in [0.05, 0.1) is 0 Å². The van der Waals surface area contributed by atoms with E-state index in [0.29, 0.717) is 5.69 Å².